The van der Waals surface area contributed by atoms with Crippen molar-refractivity contribution in [2.45, 2.75) is 25.4 Å². The summed E-state index contributed by atoms with van der Waals surface area (Å²) in [5.74, 6) is 2.37. The molecule has 0 aromatic carbocycles. The number of hydrogen-bond acceptors (Lipinski definition) is 4. The number of rotatable bonds is 2. The second-order valence-corrected chi connectivity index (χ2v) is 6.06. The Labute approximate surface area is 108 Å². The standard InChI is InChI=1S/C12H23N3OS/c1-3-10-8-15(6-5-14(10)2)12(16)11-9-17-7-4-13-11/h10-11,13H,3-9H2,1-2H3. The Hall–Kier alpha value is -0.260. The highest BCUT2D eigenvalue weighted by Gasteiger charge is 2.31. The van der Waals surface area contributed by atoms with Gasteiger partial charge in [-0.1, -0.05) is 6.92 Å². The molecule has 2 saturated heterocycles. The molecule has 2 heterocycles. The quantitative estimate of drug-likeness (QED) is 0.769. The lowest BCUT2D eigenvalue weighted by Crippen LogP contribution is -2.58. The molecule has 0 saturated carbocycles. The summed E-state index contributed by atoms with van der Waals surface area (Å²) < 4.78 is 0. The smallest absolute Gasteiger partial charge is 0.240 e. The summed E-state index contributed by atoms with van der Waals surface area (Å²) in [6.45, 7) is 5.95. The highest BCUT2D eigenvalue weighted by molar-refractivity contribution is 7.99. The number of hydrogen-bond donors (Lipinski definition) is 1. The monoisotopic (exact) mass is 257 g/mol. The van der Waals surface area contributed by atoms with Crippen molar-refractivity contribution in [1.29, 1.82) is 0 Å². The molecule has 1 amide bonds. The van der Waals surface area contributed by atoms with Gasteiger partial charge in [0.15, 0.2) is 0 Å². The second-order valence-electron chi connectivity index (χ2n) is 4.91. The van der Waals surface area contributed by atoms with Crippen LogP contribution in [0, 0.1) is 0 Å². The zero-order valence-corrected chi connectivity index (χ0v) is 11.6. The van der Waals surface area contributed by atoms with E-state index < -0.39 is 0 Å². The Morgan fingerprint density at radius 3 is 2.94 bits per heavy atom. The van der Waals surface area contributed by atoms with Crippen LogP contribution in [0.2, 0.25) is 0 Å². The molecule has 98 valence electrons. The fourth-order valence-corrected chi connectivity index (χ4v) is 3.46. The van der Waals surface area contributed by atoms with E-state index in [0.717, 1.165) is 44.1 Å². The maximum Gasteiger partial charge on any atom is 0.240 e. The first-order chi connectivity index (χ1) is 8.22. The van der Waals surface area contributed by atoms with Crippen molar-refractivity contribution < 1.29 is 4.79 Å². The van der Waals surface area contributed by atoms with E-state index in [1.165, 1.54) is 0 Å². The lowest BCUT2D eigenvalue weighted by molar-refractivity contribution is -0.135. The predicted molar refractivity (Wildman–Crippen MR) is 72.4 cm³/mol. The topological polar surface area (TPSA) is 35.6 Å². The first-order valence-electron chi connectivity index (χ1n) is 6.52. The molecule has 17 heavy (non-hydrogen) atoms. The molecule has 5 heteroatoms. The first kappa shape index (κ1) is 13.2. The molecular weight excluding hydrogens is 234 g/mol. The summed E-state index contributed by atoms with van der Waals surface area (Å²) in [5, 5.41) is 3.33. The highest BCUT2D eigenvalue weighted by Crippen LogP contribution is 2.15. The molecule has 0 radical (unpaired) electrons. The molecule has 0 aromatic rings. The van der Waals surface area contributed by atoms with Crippen LogP contribution < -0.4 is 5.32 Å². The average Bonchev–Trinajstić information content (AvgIpc) is 2.39. The molecular formula is C12H23N3OS. The lowest BCUT2D eigenvalue weighted by atomic mass is 10.1. The van der Waals surface area contributed by atoms with Gasteiger partial charge >= 0.3 is 0 Å². The summed E-state index contributed by atoms with van der Waals surface area (Å²) in [4.78, 5) is 16.8. The third-order valence-corrected chi connectivity index (χ3v) is 4.84. The van der Waals surface area contributed by atoms with Gasteiger partial charge < -0.3 is 10.2 Å². The minimum Gasteiger partial charge on any atom is -0.338 e. The molecule has 2 fully saturated rings. The fourth-order valence-electron chi connectivity index (χ4n) is 2.53. The van der Waals surface area contributed by atoms with E-state index in [4.69, 9.17) is 0 Å². The summed E-state index contributed by atoms with van der Waals surface area (Å²) in [7, 11) is 2.16. The summed E-state index contributed by atoms with van der Waals surface area (Å²) >= 11 is 1.88. The number of amides is 1. The molecule has 0 spiro atoms. The number of carbonyl (C=O) groups is 1. The molecule has 0 aromatic heterocycles. The molecule has 4 nitrogen and oxygen atoms in total. The Bertz CT molecular complexity index is 268. The summed E-state index contributed by atoms with van der Waals surface area (Å²) in [6, 6.07) is 0.582. The number of nitrogens with one attached hydrogen (secondary N) is 1. The van der Waals surface area contributed by atoms with E-state index in [1.54, 1.807) is 0 Å². The minimum atomic E-state index is 0.0506. The van der Waals surface area contributed by atoms with Gasteiger partial charge in [-0.2, -0.15) is 11.8 Å². The van der Waals surface area contributed by atoms with Crippen LogP contribution in [-0.2, 0) is 4.79 Å². The van der Waals surface area contributed by atoms with E-state index in [1.807, 2.05) is 11.8 Å². The van der Waals surface area contributed by atoms with E-state index in [-0.39, 0.29) is 6.04 Å². The van der Waals surface area contributed by atoms with Crippen molar-refractivity contribution in [3.8, 4) is 0 Å². The third kappa shape index (κ3) is 3.14. The van der Waals surface area contributed by atoms with Crippen LogP contribution in [0.25, 0.3) is 0 Å². The van der Waals surface area contributed by atoms with Gasteiger partial charge in [0.1, 0.15) is 0 Å². The van der Waals surface area contributed by atoms with Crippen molar-refractivity contribution in [2.75, 3.05) is 44.7 Å². The molecule has 1 N–H and O–H groups in total. The fraction of sp³-hybridized carbons (Fsp3) is 0.917. The number of carbonyl (C=O) groups excluding carboxylic acids is 1. The molecule has 0 bridgehead atoms. The maximum absolute atomic E-state index is 12.4. The van der Waals surface area contributed by atoms with Crippen LogP contribution in [-0.4, -0.2) is 72.5 Å². The van der Waals surface area contributed by atoms with Crippen LogP contribution in [0.1, 0.15) is 13.3 Å². The van der Waals surface area contributed by atoms with Gasteiger partial charge in [0.2, 0.25) is 5.91 Å². The minimum absolute atomic E-state index is 0.0506. The number of thioether (sulfide) groups is 1. The molecule has 0 aliphatic carbocycles. The van der Waals surface area contributed by atoms with Crippen molar-refractivity contribution in [3.63, 3.8) is 0 Å². The lowest BCUT2D eigenvalue weighted by Gasteiger charge is -2.40. The maximum atomic E-state index is 12.4. The SMILES string of the molecule is CCC1CN(C(=O)C2CSCCN2)CCN1C. The summed E-state index contributed by atoms with van der Waals surface area (Å²) in [6.07, 6.45) is 1.12. The van der Waals surface area contributed by atoms with Crippen molar-refractivity contribution in [1.82, 2.24) is 15.1 Å². The van der Waals surface area contributed by atoms with Gasteiger partial charge in [-0.15, -0.1) is 0 Å². The normalized spacial score (nSPS) is 31.5. The Morgan fingerprint density at radius 1 is 1.47 bits per heavy atom. The third-order valence-electron chi connectivity index (χ3n) is 3.78. The van der Waals surface area contributed by atoms with Gasteiger partial charge in [0.25, 0.3) is 0 Å². The van der Waals surface area contributed by atoms with E-state index in [0.29, 0.717) is 11.9 Å². The van der Waals surface area contributed by atoms with E-state index >= 15 is 0 Å². The average molecular weight is 257 g/mol. The summed E-state index contributed by atoms with van der Waals surface area (Å²) in [5.41, 5.74) is 0. The van der Waals surface area contributed by atoms with Gasteiger partial charge in [-0.05, 0) is 13.5 Å². The van der Waals surface area contributed by atoms with Gasteiger partial charge in [0, 0.05) is 43.7 Å². The molecule has 2 unspecified atom stereocenters. The van der Waals surface area contributed by atoms with Crippen molar-refractivity contribution in [3.05, 3.63) is 0 Å². The Kier molecular flexibility index (Phi) is 4.70. The predicted octanol–water partition coefficient (Wildman–Crippen LogP) is 0.244. The molecule has 2 aliphatic heterocycles. The zero-order chi connectivity index (χ0) is 12.3. The van der Waals surface area contributed by atoms with E-state index in [9.17, 15) is 4.79 Å². The molecule has 2 rings (SSSR count). The van der Waals surface area contributed by atoms with Crippen LogP contribution >= 0.6 is 11.8 Å². The number of piperazine rings is 1. The van der Waals surface area contributed by atoms with E-state index in [2.05, 4.69) is 29.1 Å². The second kappa shape index (κ2) is 6.07. The van der Waals surface area contributed by atoms with Gasteiger partial charge in [-0.25, -0.2) is 0 Å². The van der Waals surface area contributed by atoms with Crippen molar-refractivity contribution in [2.24, 2.45) is 0 Å². The molecule has 2 aliphatic rings. The number of nitrogens with zero attached hydrogens (tertiary/aromatic N) is 2. The zero-order valence-electron chi connectivity index (χ0n) is 10.8. The van der Waals surface area contributed by atoms with Gasteiger partial charge in [-0.3, -0.25) is 9.69 Å². The Balaban J connectivity index is 1.90. The van der Waals surface area contributed by atoms with Crippen molar-refractivity contribution >= 4 is 17.7 Å². The Morgan fingerprint density at radius 2 is 2.29 bits per heavy atom. The largest absolute Gasteiger partial charge is 0.338 e. The van der Waals surface area contributed by atoms with Crippen LogP contribution in [0.3, 0.4) is 0 Å². The van der Waals surface area contributed by atoms with Gasteiger partial charge in [0.05, 0.1) is 6.04 Å². The first-order valence-corrected chi connectivity index (χ1v) is 7.68. The highest BCUT2D eigenvalue weighted by atomic mass is 32.2. The van der Waals surface area contributed by atoms with Crippen LogP contribution in [0.5, 0.6) is 0 Å². The molecule has 2 atom stereocenters. The van der Waals surface area contributed by atoms with Crippen LogP contribution in [0.15, 0.2) is 0 Å². The number of likely N-dealkylation sites (N-methyl/N-ethyl adjacent to an activating group) is 1. The van der Waals surface area contributed by atoms with Crippen LogP contribution in [0.4, 0.5) is 0 Å².